The smallest absolute Gasteiger partial charge is 0.326 e. The molecule has 1 aliphatic carbocycles. The second-order valence-corrected chi connectivity index (χ2v) is 9.07. The highest BCUT2D eigenvalue weighted by molar-refractivity contribution is 5.88. The molecule has 0 aromatic heterocycles. The first kappa shape index (κ1) is 24.2. The van der Waals surface area contributed by atoms with Gasteiger partial charge in [0.1, 0.15) is 12.1 Å². The minimum absolute atomic E-state index is 0.254. The number of rotatable bonds is 9. The van der Waals surface area contributed by atoms with Gasteiger partial charge in [-0.3, -0.25) is 14.9 Å². The summed E-state index contributed by atoms with van der Waals surface area (Å²) in [5.41, 5.74) is 1.92. The van der Waals surface area contributed by atoms with Crippen molar-refractivity contribution in [1.29, 1.82) is 0 Å². The number of benzene rings is 1. The zero-order valence-corrected chi connectivity index (χ0v) is 19.2. The molecule has 2 N–H and O–H groups in total. The van der Waals surface area contributed by atoms with Crippen molar-refractivity contribution in [1.82, 2.24) is 10.2 Å². The molecule has 2 aliphatic rings. The summed E-state index contributed by atoms with van der Waals surface area (Å²) in [5, 5.41) is 12.9. The summed E-state index contributed by atoms with van der Waals surface area (Å²) in [6.45, 7) is 4.01. The minimum atomic E-state index is -1.01. The Morgan fingerprint density at radius 3 is 2.50 bits per heavy atom. The van der Waals surface area contributed by atoms with Gasteiger partial charge in [-0.25, -0.2) is 4.79 Å². The highest BCUT2D eigenvalue weighted by Gasteiger charge is 2.37. The minimum Gasteiger partial charge on any atom is -0.480 e. The van der Waals surface area contributed by atoms with Crippen LogP contribution in [0.15, 0.2) is 24.3 Å². The number of amides is 1. The summed E-state index contributed by atoms with van der Waals surface area (Å²) in [7, 11) is 0. The van der Waals surface area contributed by atoms with Crippen LogP contribution in [0.1, 0.15) is 69.9 Å². The number of carboxylic acid groups (broad SMARTS) is 1. The van der Waals surface area contributed by atoms with E-state index in [-0.39, 0.29) is 31.4 Å². The van der Waals surface area contributed by atoms with Gasteiger partial charge in [-0.1, -0.05) is 56.4 Å². The first-order chi connectivity index (χ1) is 15.4. The number of hydrogen-bond donors (Lipinski definition) is 2. The van der Waals surface area contributed by atoms with E-state index in [1.165, 1.54) is 37.0 Å². The molecule has 0 spiro atoms. The van der Waals surface area contributed by atoms with Crippen LogP contribution in [0.25, 0.3) is 0 Å². The molecular weight excluding hydrogens is 408 g/mol. The van der Waals surface area contributed by atoms with Crippen LogP contribution >= 0.6 is 0 Å². The standard InChI is InChI=1S/C25H36N2O5/c1-3-32-25(31)21(14-13-18-9-5-4-6-10-18)26-17(2)23(28)27-16-20-12-8-7-11-19(20)15-22(27)24(29)30/h7-8,11-12,17-18,21-22,26H,3-6,9-10,13-16H2,1-2H3,(H,29,30)/t17-,21-,22-/m0/s1. The molecular formula is C25H36N2O5. The van der Waals surface area contributed by atoms with E-state index >= 15 is 0 Å². The van der Waals surface area contributed by atoms with Gasteiger partial charge in [0.05, 0.1) is 12.6 Å². The van der Waals surface area contributed by atoms with Crippen molar-refractivity contribution < 1.29 is 24.2 Å². The predicted octanol–water partition coefficient (Wildman–Crippen LogP) is 3.29. The summed E-state index contributed by atoms with van der Waals surface area (Å²) in [4.78, 5) is 39.2. The molecule has 7 heteroatoms. The first-order valence-corrected chi connectivity index (χ1v) is 11.9. The summed E-state index contributed by atoms with van der Waals surface area (Å²) < 4.78 is 5.26. The lowest BCUT2D eigenvalue weighted by Crippen LogP contribution is -2.56. The van der Waals surface area contributed by atoms with Gasteiger partial charge in [-0.05, 0) is 43.7 Å². The van der Waals surface area contributed by atoms with E-state index in [2.05, 4.69) is 5.32 Å². The fraction of sp³-hybridized carbons (Fsp3) is 0.640. The second kappa shape index (κ2) is 11.5. The highest BCUT2D eigenvalue weighted by Crippen LogP contribution is 2.28. The summed E-state index contributed by atoms with van der Waals surface area (Å²) in [6, 6.07) is 5.44. The zero-order chi connectivity index (χ0) is 23.1. The molecule has 1 aromatic rings. The average Bonchev–Trinajstić information content (AvgIpc) is 2.80. The van der Waals surface area contributed by atoms with E-state index < -0.39 is 24.1 Å². The Balaban J connectivity index is 1.68. The molecule has 1 saturated carbocycles. The maximum Gasteiger partial charge on any atom is 0.326 e. The lowest BCUT2D eigenvalue weighted by atomic mass is 9.85. The van der Waals surface area contributed by atoms with Crippen LogP contribution < -0.4 is 5.32 Å². The molecule has 1 aromatic carbocycles. The number of hydrogen-bond acceptors (Lipinski definition) is 5. The Morgan fingerprint density at radius 2 is 1.84 bits per heavy atom. The quantitative estimate of drug-likeness (QED) is 0.568. The third-order valence-corrected chi connectivity index (χ3v) is 6.80. The van der Waals surface area contributed by atoms with E-state index in [1.807, 2.05) is 24.3 Å². The number of aliphatic carboxylic acids is 1. The van der Waals surface area contributed by atoms with Gasteiger partial charge in [-0.2, -0.15) is 0 Å². The molecule has 0 unspecified atom stereocenters. The van der Waals surface area contributed by atoms with Crippen LogP contribution in [-0.4, -0.2) is 52.6 Å². The second-order valence-electron chi connectivity index (χ2n) is 9.07. The Bertz CT molecular complexity index is 805. The van der Waals surface area contributed by atoms with Crippen LogP contribution in [0.5, 0.6) is 0 Å². The third-order valence-electron chi connectivity index (χ3n) is 6.80. The molecule has 1 aliphatic heterocycles. The number of carboxylic acids is 1. The van der Waals surface area contributed by atoms with Gasteiger partial charge in [-0.15, -0.1) is 0 Å². The van der Waals surface area contributed by atoms with Crippen LogP contribution in [0.4, 0.5) is 0 Å². The van der Waals surface area contributed by atoms with E-state index in [0.717, 1.165) is 17.5 Å². The van der Waals surface area contributed by atoms with Crippen molar-refractivity contribution in [3.05, 3.63) is 35.4 Å². The van der Waals surface area contributed by atoms with Gasteiger partial charge >= 0.3 is 11.9 Å². The largest absolute Gasteiger partial charge is 0.480 e. The van der Waals surface area contributed by atoms with E-state index in [0.29, 0.717) is 12.3 Å². The lowest BCUT2D eigenvalue weighted by molar-refractivity contribution is -0.153. The highest BCUT2D eigenvalue weighted by atomic mass is 16.5. The van der Waals surface area contributed by atoms with Crippen molar-refractivity contribution in [3.63, 3.8) is 0 Å². The van der Waals surface area contributed by atoms with Crippen molar-refractivity contribution >= 4 is 17.8 Å². The van der Waals surface area contributed by atoms with Gasteiger partial charge in [0.25, 0.3) is 0 Å². The third kappa shape index (κ3) is 6.09. The zero-order valence-electron chi connectivity index (χ0n) is 19.2. The molecule has 0 radical (unpaired) electrons. The van der Waals surface area contributed by atoms with Crippen LogP contribution in [0.3, 0.4) is 0 Å². The number of esters is 1. The van der Waals surface area contributed by atoms with Gasteiger partial charge in [0, 0.05) is 13.0 Å². The van der Waals surface area contributed by atoms with Gasteiger partial charge in [0.2, 0.25) is 5.91 Å². The summed E-state index contributed by atoms with van der Waals surface area (Å²) >= 11 is 0. The fourth-order valence-electron chi connectivity index (χ4n) is 4.99. The number of nitrogens with zero attached hydrogens (tertiary/aromatic N) is 1. The van der Waals surface area contributed by atoms with Gasteiger partial charge in [0.15, 0.2) is 0 Å². The monoisotopic (exact) mass is 444 g/mol. The van der Waals surface area contributed by atoms with Crippen molar-refractivity contribution in [2.45, 2.75) is 89.9 Å². The van der Waals surface area contributed by atoms with Crippen molar-refractivity contribution in [2.75, 3.05) is 6.61 Å². The summed E-state index contributed by atoms with van der Waals surface area (Å²) in [6.07, 6.45) is 7.97. The maximum absolute atomic E-state index is 13.3. The molecule has 0 bridgehead atoms. The number of fused-ring (bicyclic) bond motifs is 1. The molecule has 3 rings (SSSR count). The van der Waals surface area contributed by atoms with E-state index in [1.54, 1.807) is 13.8 Å². The fourth-order valence-corrected chi connectivity index (χ4v) is 4.99. The molecule has 176 valence electrons. The topological polar surface area (TPSA) is 95.9 Å². The maximum atomic E-state index is 13.3. The Hall–Kier alpha value is -2.41. The SMILES string of the molecule is CCOC(=O)[C@H](CCC1CCCCC1)N[C@@H](C)C(=O)N1Cc2ccccc2C[C@H]1C(=O)O. The molecule has 3 atom stereocenters. The van der Waals surface area contributed by atoms with Crippen LogP contribution in [-0.2, 0) is 32.1 Å². The van der Waals surface area contributed by atoms with Crippen LogP contribution in [0.2, 0.25) is 0 Å². The normalized spacial score (nSPS) is 20.8. The summed E-state index contributed by atoms with van der Waals surface area (Å²) in [5.74, 6) is -1.05. The molecule has 0 saturated heterocycles. The molecule has 32 heavy (non-hydrogen) atoms. The Morgan fingerprint density at radius 1 is 1.16 bits per heavy atom. The Kier molecular flexibility index (Phi) is 8.67. The van der Waals surface area contributed by atoms with E-state index in [4.69, 9.17) is 4.74 Å². The molecule has 7 nitrogen and oxygen atoms in total. The number of ether oxygens (including phenoxy) is 1. The van der Waals surface area contributed by atoms with E-state index in [9.17, 15) is 19.5 Å². The molecule has 1 heterocycles. The van der Waals surface area contributed by atoms with Crippen molar-refractivity contribution in [2.24, 2.45) is 5.92 Å². The first-order valence-electron chi connectivity index (χ1n) is 11.9. The van der Waals surface area contributed by atoms with Gasteiger partial charge < -0.3 is 14.7 Å². The Labute approximate surface area is 190 Å². The number of carbonyl (C=O) groups is 3. The molecule has 1 fully saturated rings. The van der Waals surface area contributed by atoms with Crippen LogP contribution in [0, 0.1) is 5.92 Å². The predicted molar refractivity (Wildman–Crippen MR) is 121 cm³/mol. The number of nitrogens with one attached hydrogen (secondary N) is 1. The number of carbonyl (C=O) groups excluding carboxylic acids is 2. The lowest BCUT2D eigenvalue weighted by Gasteiger charge is -2.36. The van der Waals surface area contributed by atoms with Crippen molar-refractivity contribution in [3.8, 4) is 0 Å². The molecule has 1 amide bonds. The average molecular weight is 445 g/mol.